The summed E-state index contributed by atoms with van der Waals surface area (Å²) in [6, 6.07) is 4.03. The van der Waals surface area contributed by atoms with Crippen LogP contribution in [0.2, 0.25) is 0 Å². The fourth-order valence-electron chi connectivity index (χ4n) is 2.53. The Morgan fingerprint density at radius 2 is 1.96 bits per heavy atom. The molecular weight excluding hydrogens is 473 g/mol. The molecule has 1 aromatic carbocycles. The van der Waals surface area contributed by atoms with Gasteiger partial charge >= 0.3 is 0 Å². The summed E-state index contributed by atoms with van der Waals surface area (Å²) in [5.41, 5.74) is 0.944. The molecule has 0 unspecified atom stereocenters. The van der Waals surface area contributed by atoms with E-state index in [0.29, 0.717) is 16.6 Å². The first-order valence-corrected chi connectivity index (χ1v) is 8.25. The molecule has 0 aliphatic carbocycles. The van der Waals surface area contributed by atoms with Crippen LogP contribution in [-0.2, 0) is 0 Å². The monoisotopic (exact) mass is 489 g/mol. The highest BCUT2D eigenvalue weighted by atomic mass is 79.9. The van der Waals surface area contributed by atoms with Crippen LogP contribution in [0.25, 0.3) is 0 Å². The molecule has 0 aromatic heterocycles. The maximum Gasteiger partial charge on any atom is 0.173 e. The van der Waals surface area contributed by atoms with Crippen LogP contribution in [0.4, 0.5) is 0 Å². The Kier molecular flexibility index (Phi) is 10.5. The fourth-order valence-corrected chi connectivity index (χ4v) is 3.52. The molecule has 0 radical (unpaired) electrons. The highest BCUT2D eigenvalue weighted by Gasteiger charge is 2.27. The van der Waals surface area contributed by atoms with Crippen molar-refractivity contribution < 1.29 is 9.84 Å². The maximum absolute atomic E-state index is 10.0. The van der Waals surface area contributed by atoms with Gasteiger partial charge in [0.2, 0.25) is 0 Å². The number of hydrogen-bond acceptors (Lipinski definition) is 5. The molecule has 1 atom stereocenters. The minimum atomic E-state index is -0.0303. The number of ether oxygens (including phenoxy) is 1. The topological polar surface area (TPSA) is 68.5 Å². The zero-order valence-electron chi connectivity index (χ0n) is 12.5. The Bertz CT molecular complexity index is 564. The standard InChI is InChI=1S/C14H17Br2N3O2.2ClH/c1-21-11-8-9(12(15)13(16)14(11)20)10(2-3-17)19-6-4-18-5-7-19;;/h8,10,18,20H,2,4-7H2,1H3;2*1H/t10-;;/m0../s1. The van der Waals surface area contributed by atoms with E-state index in [0.717, 1.165) is 36.2 Å². The predicted octanol–water partition coefficient (Wildman–Crippen LogP) is 3.63. The lowest BCUT2D eigenvalue weighted by atomic mass is 10.0. The molecule has 0 spiro atoms. The summed E-state index contributed by atoms with van der Waals surface area (Å²) >= 11 is 6.89. The van der Waals surface area contributed by atoms with Gasteiger partial charge in [-0.25, -0.2) is 0 Å². The van der Waals surface area contributed by atoms with E-state index in [1.165, 1.54) is 7.11 Å². The van der Waals surface area contributed by atoms with Gasteiger partial charge in [0.25, 0.3) is 0 Å². The van der Waals surface area contributed by atoms with E-state index >= 15 is 0 Å². The normalized spacial score (nSPS) is 15.7. The third-order valence-corrected chi connectivity index (χ3v) is 5.79. The van der Waals surface area contributed by atoms with Crippen LogP contribution in [0.1, 0.15) is 18.0 Å². The van der Waals surface area contributed by atoms with Crippen molar-refractivity contribution in [2.24, 2.45) is 0 Å². The summed E-state index contributed by atoms with van der Waals surface area (Å²) in [7, 11) is 1.52. The summed E-state index contributed by atoms with van der Waals surface area (Å²) in [5.74, 6) is 0.460. The van der Waals surface area contributed by atoms with Crippen molar-refractivity contribution in [3.8, 4) is 17.6 Å². The molecule has 1 saturated heterocycles. The van der Waals surface area contributed by atoms with Crippen LogP contribution in [-0.4, -0.2) is 43.3 Å². The lowest BCUT2D eigenvalue weighted by Crippen LogP contribution is -2.45. The second kappa shape index (κ2) is 10.6. The lowest BCUT2D eigenvalue weighted by Gasteiger charge is -2.34. The Balaban J connectivity index is 0.00000242. The summed E-state index contributed by atoms with van der Waals surface area (Å²) < 4.78 is 6.54. The van der Waals surface area contributed by atoms with Crippen molar-refractivity contribution in [2.45, 2.75) is 12.5 Å². The molecule has 9 heteroatoms. The van der Waals surface area contributed by atoms with E-state index in [1.807, 2.05) is 0 Å². The van der Waals surface area contributed by atoms with Gasteiger partial charge in [-0.3, -0.25) is 4.90 Å². The molecule has 0 saturated carbocycles. The van der Waals surface area contributed by atoms with Crippen LogP contribution in [0.3, 0.4) is 0 Å². The number of nitriles is 1. The van der Waals surface area contributed by atoms with Gasteiger partial charge in [-0.05, 0) is 43.5 Å². The molecule has 1 aromatic rings. The van der Waals surface area contributed by atoms with Crippen LogP contribution < -0.4 is 10.1 Å². The van der Waals surface area contributed by atoms with Crippen molar-refractivity contribution in [1.29, 1.82) is 5.26 Å². The average Bonchev–Trinajstić information content (AvgIpc) is 2.52. The largest absolute Gasteiger partial charge is 0.503 e. The minimum Gasteiger partial charge on any atom is -0.503 e. The van der Waals surface area contributed by atoms with Crippen LogP contribution in [0.15, 0.2) is 15.0 Å². The SMILES string of the molecule is COc1cc([C@H](CC#N)N2CCNCC2)c(Br)c(Br)c1O.Cl.Cl. The molecule has 2 rings (SSSR count). The van der Waals surface area contributed by atoms with Gasteiger partial charge in [0.05, 0.1) is 24.1 Å². The second-order valence-corrected chi connectivity index (χ2v) is 6.39. The highest BCUT2D eigenvalue weighted by Crippen LogP contribution is 2.45. The fraction of sp³-hybridized carbons (Fsp3) is 0.500. The first kappa shape index (κ1) is 22.8. The van der Waals surface area contributed by atoms with Crippen molar-refractivity contribution in [3.63, 3.8) is 0 Å². The number of phenolic OH excluding ortho intramolecular Hbond substituents is 1. The summed E-state index contributed by atoms with van der Waals surface area (Å²) in [4.78, 5) is 2.28. The van der Waals surface area contributed by atoms with Crippen LogP contribution >= 0.6 is 56.7 Å². The Hall–Kier alpha value is -0.230. The highest BCUT2D eigenvalue weighted by molar-refractivity contribution is 9.13. The number of benzene rings is 1. The number of phenols is 1. The molecule has 23 heavy (non-hydrogen) atoms. The number of piperazine rings is 1. The molecular formula is C14H19Br2Cl2N3O2. The van der Waals surface area contributed by atoms with E-state index in [-0.39, 0.29) is 36.6 Å². The molecule has 2 N–H and O–H groups in total. The van der Waals surface area contributed by atoms with Crippen molar-refractivity contribution in [1.82, 2.24) is 10.2 Å². The van der Waals surface area contributed by atoms with E-state index in [1.54, 1.807) is 6.07 Å². The van der Waals surface area contributed by atoms with Crippen LogP contribution in [0.5, 0.6) is 11.5 Å². The summed E-state index contributed by atoms with van der Waals surface area (Å²) in [5, 5.41) is 22.5. The number of nitrogens with one attached hydrogen (secondary N) is 1. The smallest absolute Gasteiger partial charge is 0.173 e. The molecule has 1 fully saturated rings. The summed E-state index contributed by atoms with van der Waals surface area (Å²) in [6.45, 7) is 3.60. The number of rotatable bonds is 4. The zero-order valence-corrected chi connectivity index (χ0v) is 17.3. The van der Waals surface area contributed by atoms with E-state index in [2.05, 4.69) is 48.1 Å². The molecule has 0 amide bonds. The van der Waals surface area contributed by atoms with Gasteiger partial charge in [-0.15, -0.1) is 24.8 Å². The van der Waals surface area contributed by atoms with Crippen molar-refractivity contribution >= 4 is 56.7 Å². The molecule has 130 valence electrons. The van der Waals surface area contributed by atoms with Gasteiger partial charge in [0, 0.05) is 36.7 Å². The lowest BCUT2D eigenvalue weighted by molar-refractivity contribution is 0.174. The Morgan fingerprint density at radius 3 is 2.48 bits per heavy atom. The van der Waals surface area contributed by atoms with E-state index < -0.39 is 0 Å². The molecule has 5 nitrogen and oxygen atoms in total. The van der Waals surface area contributed by atoms with Gasteiger partial charge in [-0.2, -0.15) is 5.26 Å². The number of halogens is 4. The van der Waals surface area contributed by atoms with Crippen LogP contribution in [0, 0.1) is 11.3 Å². The van der Waals surface area contributed by atoms with E-state index in [9.17, 15) is 5.11 Å². The molecule has 1 aliphatic rings. The zero-order chi connectivity index (χ0) is 15.4. The predicted molar refractivity (Wildman–Crippen MR) is 102 cm³/mol. The van der Waals surface area contributed by atoms with E-state index in [4.69, 9.17) is 10.00 Å². The number of aromatic hydroxyl groups is 1. The third kappa shape index (κ3) is 5.12. The number of methoxy groups -OCH3 is 1. The third-order valence-electron chi connectivity index (χ3n) is 3.63. The molecule has 0 bridgehead atoms. The first-order chi connectivity index (χ1) is 10.1. The molecule has 1 heterocycles. The van der Waals surface area contributed by atoms with Gasteiger partial charge in [-0.1, -0.05) is 0 Å². The van der Waals surface area contributed by atoms with Crippen molar-refractivity contribution in [3.05, 3.63) is 20.6 Å². The van der Waals surface area contributed by atoms with Gasteiger partial charge in [0.15, 0.2) is 11.5 Å². The Labute approximate surface area is 165 Å². The Morgan fingerprint density at radius 1 is 1.35 bits per heavy atom. The van der Waals surface area contributed by atoms with Crippen molar-refractivity contribution in [2.75, 3.05) is 33.3 Å². The average molecular weight is 492 g/mol. The summed E-state index contributed by atoms with van der Waals surface area (Å²) in [6.07, 6.45) is 0.388. The number of hydrogen-bond donors (Lipinski definition) is 2. The first-order valence-electron chi connectivity index (χ1n) is 6.66. The quantitative estimate of drug-likeness (QED) is 0.673. The second-order valence-electron chi connectivity index (χ2n) is 4.81. The minimum absolute atomic E-state index is 0. The van der Waals surface area contributed by atoms with Gasteiger partial charge < -0.3 is 15.2 Å². The number of nitrogens with zero attached hydrogens (tertiary/aromatic N) is 2. The van der Waals surface area contributed by atoms with Gasteiger partial charge in [0.1, 0.15) is 0 Å². The maximum atomic E-state index is 10.0. The molecule has 1 aliphatic heterocycles.